The summed E-state index contributed by atoms with van der Waals surface area (Å²) in [4.78, 5) is 33.3. The largest absolute Gasteiger partial charge is 0.353 e. The SMILES string of the molecule is Cn1cnc(Cn2c(=O)c(Cc3cc(F)c(F)c(F)c3)c(N3CCc4ccccc4C3)n(CC#N)c2=O)n1. The molecule has 12 heteroatoms. The predicted octanol–water partition coefficient (Wildman–Crippen LogP) is 2.28. The van der Waals surface area contributed by atoms with Gasteiger partial charge in [-0.25, -0.2) is 22.9 Å². The molecule has 0 aliphatic carbocycles. The van der Waals surface area contributed by atoms with Gasteiger partial charge in [-0.2, -0.15) is 10.4 Å². The number of aromatic nitrogens is 5. The molecule has 9 nitrogen and oxygen atoms in total. The Morgan fingerprint density at radius 2 is 1.76 bits per heavy atom. The molecule has 2 aromatic carbocycles. The number of benzene rings is 2. The van der Waals surface area contributed by atoms with Crippen molar-refractivity contribution in [2.24, 2.45) is 7.05 Å². The van der Waals surface area contributed by atoms with E-state index in [1.165, 1.54) is 15.6 Å². The number of nitrogens with zero attached hydrogens (tertiary/aromatic N) is 7. The van der Waals surface area contributed by atoms with E-state index in [-0.39, 0.29) is 42.3 Å². The fourth-order valence-corrected chi connectivity index (χ4v) is 4.80. The fraction of sp³-hybridized carbons (Fsp3) is 0.269. The predicted molar refractivity (Wildman–Crippen MR) is 131 cm³/mol. The number of halogens is 3. The molecule has 0 amide bonds. The van der Waals surface area contributed by atoms with Crippen molar-refractivity contribution in [2.75, 3.05) is 11.4 Å². The van der Waals surface area contributed by atoms with Crippen molar-refractivity contribution >= 4 is 5.82 Å². The van der Waals surface area contributed by atoms with Crippen molar-refractivity contribution in [3.05, 3.63) is 109 Å². The Hall–Kier alpha value is -4.66. The van der Waals surface area contributed by atoms with Crippen LogP contribution in [0.1, 0.15) is 28.1 Å². The van der Waals surface area contributed by atoms with Crippen LogP contribution in [-0.2, 0) is 39.5 Å². The van der Waals surface area contributed by atoms with Gasteiger partial charge in [0.15, 0.2) is 23.3 Å². The molecule has 0 bridgehead atoms. The Bertz CT molecular complexity index is 1680. The van der Waals surface area contributed by atoms with Crippen molar-refractivity contribution in [2.45, 2.75) is 32.5 Å². The molecule has 3 heterocycles. The first-order chi connectivity index (χ1) is 18.3. The number of rotatable bonds is 6. The molecule has 5 rings (SSSR count). The zero-order chi connectivity index (χ0) is 27.0. The molecule has 0 atom stereocenters. The molecule has 0 fully saturated rings. The monoisotopic (exact) mass is 521 g/mol. The highest BCUT2D eigenvalue weighted by Crippen LogP contribution is 2.27. The smallest absolute Gasteiger partial charge is 0.333 e. The maximum atomic E-state index is 14.1. The molecule has 2 aromatic heterocycles. The van der Waals surface area contributed by atoms with Crippen LogP contribution in [-0.4, -0.2) is 30.4 Å². The summed E-state index contributed by atoms with van der Waals surface area (Å²) in [6.45, 7) is 0.144. The highest BCUT2D eigenvalue weighted by molar-refractivity contribution is 5.52. The van der Waals surface area contributed by atoms with Crippen molar-refractivity contribution in [1.82, 2.24) is 23.9 Å². The first-order valence-electron chi connectivity index (χ1n) is 11.8. The molecule has 0 N–H and O–H groups in total. The minimum atomic E-state index is -1.62. The summed E-state index contributed by atoms with van der Waals surface area (Å²) in [5.41, 5.74) is 0.703. The van der Waals surface area contributed by atoms with E-state index in [1.807, 2.05) is 35.2 Å². The minimum Gasteiger partial charge on any atom is -0.353 e. The third kappa shape index (κ3) is 4.58. The van der Waals surface area contributed by atoms with Crippen LogP contribution in [0, 0.1) is 28.8 Å². The number of hydrogen-bond donors (Lipinski definition) is 0. The van der Waals surface area contributed by atoms with Gasteiger partial charge < -0.3 is 4.90 Å². The lowest BCUT2D eigenvalue weighted by Gasteiger charge is -2.33. The normalized spacial score (nSPS) is 12.9. The van der Waals surface area contributed by atoms with Crippen LogP contribution in [0.2, 0.25) is 0 Å². The number of fused-ring (bicyclic) bond motifs is 1. The maximum absolute atomic E-state index is 14.1. The van der Waals surface area contributed by atoms with Crippen molar-refractivity contribution in [3.63, 3.8) is 0 Å². The summed E-state index contributed by atoms with van der Waals surface area (Å²) in [6.07, 6.45) is 1.73. The van der Waals surface area contributed by atoms with Gasteiger partial charge in [0.1, 0.15) is 18.7 Å². The van der Waals surface area contributed by atoms with Gasteiger partial charge in [-0.15, -0.1) is 0 Å². The number of aryl methyl sites for hydroxylation is 1. The Kier molecular flexibility index (Phi) is 6.59. The lowest BCUT2D eigenvalue weighted by molar-refractivity contribution is 0.445. The number of hydrogen-bond acceptors (Lipinski definition) is 6. The highest BCUT2D eigenvalue weighted by Gasteiger charge is 2.27. The quantitative estimate of drug-likeness (QED) is 0.361. The van der Waals surface area contributed by atoms with Crippen LogP contribution in [0.5, 0.6) is 0 Å². The standard InChI is InChI=1S/C26H22F3N7O2/c1-33-15-31-22(32-33)14-36-25(37)19(10-16-11-20(27)23(29)21(28)12-16)24(35(9-7-30)26(36)38)34-8-6-17-4-2-3-5-18(17)13-34/h2-5,11-12,15H,6,8-10,13-14H2,1H3. The molecular formula is C26H22F3N7O2. The summed E-state index contributed by atoms with van der Waals surface area (Å²) in [5, 5.41) is 13.7. The molecule has 0 unspecified atom stereocenters. The first kappa shape index (κ1) is 25.0. The van der Waals surface area contributed by atoms with Crippen LogP contribution in [0.25, 0.3) is 0 Å². The second-order valence-corrected chi connectivity index (χ2v) is 9.05. The van der Waals surface area contributed by atoms with Crippen LogP contribution in [0.4, 0.5) is 19.0 Å². The lowest BCUT2D eigenvalue weighted by Crippen LogP contribution is -2.46. The first-order valence-corrected chi connectivity index (χ1v) is 11.8. The lowest BCUT2D eigenvalue weighted by atomic mass is 9.98. The Morgan fingerprint density at radius 3 is 2.42 bits per heavy atom. The van der Waals surface area contributed by atoms with E-state index in [2.05, 4.69) is 10.1 Å². The third-order valence-corrected chi connectivity index (χ3v) is 6.52. The molecular weight excluding hydrogens is 499 g/mol. The molecule has 194 valence electrons. The topological polar surface area (TPSA) is 102 Å². The summed E-state index contributed by atoms with van der Waals surface area (Å²) in [7, 11) is 1.63. The zero-order valence-electron chi connectivity index (χ0n) is 20.4. The Balaban J connectivity index is 1.72. The molecule has 1 aliphatic rings. The van der Waals surface area contributed by atoms with E-state index in [0.29, 0.717) is 19.5 Å². The molecule has 4 aromatic rings. The fourth-order valence-electron chi connectivity index (χ4n) is 4.80. The summed E-state index contributed by atoms with van der Waals surface area (Å²) >= 11 is 0. The zero-order valence-corrected chi connectivity index (χ0v) is 20.4. The maximum Gasteiger partial charge on any atom is 0.333 e. The van der Waals surface area contributed by atoms with E-state index < -0.39 is 28.7 Å². The van der Waals surface area contributed by atoms with Crippen molar-refractivity contribution < 1.29 is 13.2 Å². The number of anilines is 1. The van der Waals surface area contributed by atoms with Gasteiger partial charge in [-0.1, -0.05) is 24.3 Å². The van der Waals surface area contributed by atoms with E-state index in [1.54, 1.807) is 7.05 Å². The Labute approximate surface area is 214 Å². The van der Waals surface area contributed by atoms with E-state index in [0.717, 1.165) is 27.8 Å². The molecule has 1 aliphatic heterocycles. The van der Waals surface area contributed by atoms with Gasteiger partial charge in [0.25, 0.3) is 5.56 Å². The summed E-state index contributed by atoms with van der Waals surface area (Å²) in [5.74, 6) is -4.02. The van der Waals surface area contributed by atoms with Crippen molar-refractivity contribution in [1.29, 1.82) is 5.26 Å². The van der Waals surface area contributed by atoms with Gasteiger partial charge in [0.2, 0.25) is 0 Å². The average Bonchev–Trinajstić information content (AvgIpc) is 3.32. The van der Waals surface area contributed by atoms with E-state index >= 15 is 0 Å². The Morgan fingerprint density at radius 1 is 1.05 bits per heavy atom. The van der Waals surface area contributed by atoms with Crippen LogP contribution < -0.4 is 16.1 Å². The minimum absolute atomic E-state index is 0.00169. The van der Waals surface area contributed by atoms with E-state index in [4.69, 9.17) is 0 Å². The van der Waals surface area contributed by atoms with Crippen LogP contribution in [0.15, 0.2) is 52.3 Å². The van der Waals surface area contributed by atoms with Gasteiger partial charge in [-0.3, -0.25) is 18.6 Å². The average molecular weight is 522 g/mol. The molecule has 38 heavy (non-hydrogen) atoms. The second kappa shape index (κ2) is 10.0. The molecule has 0 spiro atoms. The van der Waals surface area contributed by atoms with Gasteiger partial charge in [-0.05, 0) is 35.2 Å². The van der Waals surface area contributed by atoms with Crippen molar-refractivity contribution in [3.8, 4) is 6.07 Å². The molecule has 0 saturated heterocycles. The number of nitriles is 1. The van der Waals surface area contributed by atoms with Crippen LogP contribution >= 0.6 is 0 Å². The van der Waals surface area contributed by atoms with Crippen LogP contribution in [0.3, 0.4) is 0 Å². The third-order valence-electron chi connectivity index (χ3n) is 6.52. The van der Waals surface area contributed by atoms with Gasteiger partial charge >= 0.3 is 5.69 Å². The summed E-state index contributed by atoms with van der Waals surface area (Å²) < 4.78 is 45.3. The highest BCUT2D eigenvalue weighted by atomic mass is 19.2. The van der Waals surface area contributed by atoms with Gasteiger partial charge in [0.05, 0.1) is 18.2 Å². The molecule has 0 radical (unpaired) electrons. The summed E-state index contributed by atoms with van der Waals surface area (Å²) in [6, 6.07) is 11.3. The van der Waals surface area contributed by atoms with E-state index in [9.17, 15) is 28.0 Å². The molecule has 0 saturated carbocycles. The van der Waals surface area contributed by atoms with Gasteiger partial charge in [0, 0.05) is 26.6 Å². The second-order valence-electron chi connectivity index (χ2n) is 9.05.